The van der Waals surface area contributed by atoms with Crippen LogP contribution in [0.4, 0.5) is 0 Å². The molecule has 2 heterocycles. The summed E-state index contributed by atoms with van der Waals surface area (Å²) in [5.41, 5.74) is 1.57. The topological polar surface area (TPSA) is 75.4 Å². The second kappa shape index (κ2) is 5.52. The minimum atomic E-state index is -3.43. The van der Waals surface area contributed by atoms with E-state index < -0.39 is 10.2 Å². The summed E-state index contributed by atoms with van der Waals surface area (Å²) in [6.07, 6.45) is 4.87. The van der Waals surface area contributed by atoms with Crippen molar-refractivity contribution in [1.29, 1.82) is 0 Å². The van der Waals surface area contributed by atoms with Crippen molar-refractivity contribution in [3.05, 3.63) is 42.4 Å². The number of nitrogens with zero attached hydrogens (tertiary/aromatic N) is 2. The molecule has 0 amide bonds. The number of rotatable bonds is 5. The van der Waals surface area contributed by atoms with Crippen LogP contribution in [0.3, 0.4) is 0 Å². The van der Waals surface area contributed by atoms with Crippen molar-refractivity contribution in [2.24, 2.45) is 0 Å². The number of aromatic nitrogens is 1. The summed E-state index contributed by atoms with van der Waals surface area (Å²) in [6.45, 7) is 0.183. The zero-order valence-electron chi connectivity index (χ0n) is 10.7. The average Bonchev–Trinajstić information content (AvgIpc) is 2.90. The molecule has 0 aromatic carbocycles. The number of hydrogen-bond donors (Lipinski definition) is 1. The average molecular weight is 281 g/mol. The van der Waals surface area contributed by atoms with Gasteiger partial charge in [0.05, 0.1) is 6.26 Å². The summed E-state index contributed by atoms with van der Waals surface area (Å²) in [5.74, 6) is 0.699. The highest BCUT2D eigenvalue weighted by Gasteiger charge is 2.12. The maximum atomic E-state index is 11.6. The fraction of sp³-hybridized carbons (Fsp3) is 0.250. The van der Waals surface area contributed by atoms with Gasteiger partial charge in [0.15, 0.2) is 0 Å². The summed E-state index contributed by atoms with van der Waals surface area (Å²) in [4.78, 5) is 4.08. The van der Waals surface area contributed by atoms with Gasteiger partial charge in [-0.1, -0.05) is 0 Å². The lowest BCUT2D eigenvalue weighted by Crippen LogP contribution is -2.35. The minimum Gasteiger partial charge on any atom is -0.464 e. The van der Waals surface area contributed by atoms with Gasteiger partial charge in [0, 0.05) is 38.6 Å². The molecular weight excluding hydrogens is 266 g/mol. The zero-order valence-corrected chi connectivity index (χ0v) is 11.5. The highest BCUT2D eigenvalue weighted by Crippen LogP contribution is 2.19. The third kappa shape index (κ3) is 3.40. The summed E-state index contributed by atoms with van der Waals surface area (Å²) < 4.78 is 32.1. The van der Waals surface area contributed by atoms with Crippen LogP contribution in [0.2, 0.25) is 0 Å². The Balaban J connectivity index is 2.13. The molecule has 19 heavy (non-hydrogen) atoms. The van der Waals surface area contributed by atoms with Crippen LogP contribution in [0.5, 0.6) is 0 Å². The van der Waals surface area contributed by atoms with Crippen LogP contribution in [-0.2, 0) is 16.8 Å². The number of pyridine rings is 1. The SMILES string of the molecule is CN(C)S(=O)(=O)NCc1cncc(-c2ccco2)c1. The summed E-state index contributed by atoms with van der Waals surface area (Å²) in [5, 5.41) is 0. The molecule has 0 atom stereocenters. The van der Waals surface area contributed by atoms with Gasteiger partial charge in [-0.2, -0.15) is 17.4 Å². The van der Waals surface area contributed by atoms with Crippen LogP contribution in [0.1, 0.15) is 5.56 Å². The first-order valence-corrected chi connectivity index (χ1v) is 7.08. The second-order valence-corrected chi connectivity index (χ2v) is 6.14. The van der Waals surface area contributed by atoms with E-state index in [1.807, 2.05) is 12.1 Å². The van der Waals surface area contributed by atoms with Gasteiger partial charge in [0.25, 0.3) is 10.2 Å². The smallest absolute Gasteiger partial charge is 0.279 e. The Hall–Kier alpha value is -1.70. The van der Waals surface area contributed by atoms with Crippen LogP contribution in [-0.4, -0.2) is 31.8 Å². The first-order chi connectivity index (χ1) is 8.99. The number of nitrogens with one attached hydrogen (secondary N) is 1. The molecule has 7 heteroatoms. The molecule has 0 saturated heterocycles. The molecule has 0 aliphatic heterocycles. The van der Waals surface area contributed by atoms with E-state index in [0.29, 0.717) is 5.76 Å². The molecule has 6 nitrogen and oxygen atoms in total. The lowest BCUT2D eigenvalue weighted by Gasteiger charge is -2.12. The monoisotopic (exact) mass is 281 g/mol. The highest BCUT2D eigenvalue weighted by molar-refractivity contribution is 7.87. The van der Waals surface area contributed by atoms with E-state index in [0.717, 1.165) is 15.4 Å². The van der Waals surface area contributed by atoms with Crippen LogP contribution in [0, 0.1) is 0 Å². The zero-order chi connectivity index (χ0) is 13.9. The lowest BCUT2D eigenvalue weighted by atomic mass is 10.2. The first-order valence-electron chi connectivity index (χ1n) is 5.64. The lowest BCUT2D eigenvalue weighted by molar-refractivity contribution is 0.505. The largest absolute Gasteiger partial charge is 0.464 e. The van der Waals surface area contributed by atoms with Gasteiger partial charge in [-0.15, -0.1) is 0 Å². The highest BCUT2D eigenvalue weighted by atomic mass is 32.2. The van der Waals surface area contributed by atoms with Gasteiger partial charge in [-0.25, -0.2) is 0 Å². The van der Waals surface area contributed by atoms with Gasteiger partial charge in [0.2, 0.25) is 0 Å². The van der Waals surface area contributed by atoms with Crippen molar-refractivity contribution in [3.8, 4) is 11.3 Å². The van der Waals surface area contributed by atoms with Crippen molar-refractivity contribution >= 4 is 10.2 Å². The van der Waals surface area contributed by atoms with E-state index in [2.05, 4.69) is 9.71 Å². The fourth-order valence-corrected chi connectivity index (χ4v) is 2.07. The van der Waals surface area contributed by atoms with E-state index in [1.54, 1.807) is 24.7 Å². The van der Waals surface area contributed by atoms with Gasteiger partial charge in [-0.05, 0) is 23.8 Å². The van der Waals surface area contributed by atoms with Gasteiger partial charge < -0.3 is 4.42 Å². The van der Waals surface area contributed by atoms with Crippen LogP contribution in [0.15, 0.2) is 41.3 Å². The molecule has 2 aromatic rings. The Labute approximate surface area is 112 Å². The number of furan rings is 1. The molecule has 2 rings (SSSR count). The van der Waals surface area contributed by atoms with E-state index in [-0.39, 0.29) is 6.54 Å². The van der Waals surface area contributed by atoms with Crippen LogP contribution in [0.25, 0.3) is 11.3 Å². The molecule has 0 spiro atoms. The molecular formula is C12H15N3O3S. The number of hydrogen-bond acceptors (Lipinski definition) is 4. The molecule has 0 saturated carbocycles. The Bertz CT molecular complexity index is 636. The standard InChI is InChI=1S/C12H15N3O3S/c1-15(2)19(16,17)14-8-10-6-11(9-13-7-10)12-4-3-5-18-12/h3-7,9,14H,8H2,1-2H3. The third-order valence-electron chi connectivity index (χ3n) is 2.54. The first kappa shape index (κ1) is 13.7. The van der Waals surface area contributed by atoms with Crippen LogP contribution < -0.4 is 4.72 Å². The van der Waals surface area contributed by atoms with E-state index in [9.17, 15) is 8.42 Å². The predicted molar refractivity (Wildman–Crippen MR) is 71.4 cm³/mol. The van der Waals surface area contributed by atoms with E-state index in [1.165, 1.54) is 14.1 Å². The molecule has 2 aromatic heterocycles. The predicted octanol–water partition coefficient (Wildman–Crippen LogP) is 1.24. The Morgan fingerprint density at radius 1 is 1.37 bits per heavy atom. The van der Waals surface area contributed by atoms with Crippen molar-refractivity contribution < 1.29 is 12.8 Å². The molecule has 0 aliphatic rings. The molecule has 0 aliphatic carbocycles. The molecule has 0 radical (unpaired) electrons. The molecule has 0 unspecified atom stereocenters. The maximum Gasteiger partial charge on any atom is 0.279 e. The normalized spacial score (nSPS) is 11.9. The Kier molecular flexibility index (Phi) is 3.98. The van der Waals surface area contributed by atoms with Crippen LogP contribution >= 0.6 is 0 Å². The van der Waals surface area contributed by atoms with Crippen molar-refractivity contribution in [3.63, 3.8) is 0 Å². The summed E-state index contributed by atoms with van der Waals surface area (Å²) in [7, 11) is -0.487. The molecule has 0 fully saturated rings. The van der Waals surface area contributed by atoms with Crippen molar-refractivity contribution in [2.45, 2.75) is 6.54 Å². The fourth-order valence-electron chi connectivity index (χ4n) is 1.47. The minimum absolute atomic E-state index is 0.183. The quantitative estimate of drug-likeness (QED) is 0.894. The Morgan fingerprint density at radius 3 is 2.79 bits per heavy atom. The van der Waals surface area contributed by atoms with Crippen molar-refractivity contribution in [1.82, 2.24) is 14.0 Å². The molecule has 0 bridgehead atoms. The third-order valence-corrected chi connectivity index (χ3v) is 4.01. The van der Waals surface area contributed by atoms with Crippen molar-refractivity contribution in [2.75, 3.05) is 14.1 Å². The van der Waals surface area contributed by atoms with E-state index in [4.69, 9.17) is 4.42 Å². The van der Waals surface area contributed by atoms with Gasteiger partial charge in [0.1, 0.15) is 5.76 Å². The Morgan fingerprint density at radius 2 is 2.16 bits per heavy atom. The summed E-state index contributed by atoms with van der Waals surface area (Å²) in [6, 6.07) is 5.45. The van der Waals surface area contributed by atoms with Gasteiger partial charge >= 0.3 is 0 Å². The van der Waals surface area contributed by atoms with Gasteiger partial charge in [-0.3, -0.25) is 4.98 Å². The molecule has 102 valence electrons. The second-order valence-electron chi connectivity index (χ2n) is 4.17. The molecule has 1 N–H and O–H groups in total. The van der Waals surface area contributed by atoms with E-state index >= 15 is 0 Å². The summed E-state index contributed by atoms with van der Waals surface area (Å²) >= 11 is 0. The maximum absolute atomic E-state index is 11.6.